The molecule has 0 bridgehead atoms. The molecule has 0 radical (unpaired) electrons. The van der Waals surface area contributed by atoms with Gasteiger partial charge in [-0.3, -0.25) is 14.9 Å². The third-order valence-electron chi connectivity index (χ3n) is 3.87. The van der Waals surface area contributed by atoms with Crippen LogP contribution in [0.2, 0.25) is 0 Å². The zero-order chi connectivity index (χ0) is 18.5. The van der Waals surface area contributed by atoms with Crippen molar-refractivity contribution < 1.29 is 14.2 Å². The van der Waals surface area contributed by atoms with Crippen molar-refractivity contribution in [3.05, 3.63) is 81.5 Å². The highest BCUT2D eigenvalue weighted by Crippen LogP contribution is 2.20. The van der Waals surface area contributed by atoms with E-state index in [1.165, 1.54) is 12.1 Å². The number of benzene rings is 2. The van der Waals surface area contributed by atoms with Crippen LogP contribution < -0.4 is 5.32 Å². The Labute approximate surface area is 149 Å². The number of rotatable bonds is 6. The minimum atomic E-state index is -0.472. The third kappa shape index (κ3) is 4.32. The molecule has 26 heavy (non-hydrogen) atoms. The monoisotopic (exact) mass is 351 g/mol. The second kappa shape index (κ2) is 7.60. The van der Waals surface area contributed by atoms with E-state index in [0.29, 0.717) is 17.0 Å². The SMILES string of the molecule is Cc1ccc(-c2cc(CNC(=O)Cc3ccc([N+](=O)[O-])cc3)no2)cc1. The van der Waals surface area contributed by atoms with Crippen molar-refractivity contribution in [3.8, 4) is 11.3 Å². The van der Waals surface area contributed by atoms with E-state index in [2.05, 4.69) is 10.5 Å². The van der Waals surface area contributed by atoms with Gasteiger partial charge in [-0.05, 0) is 12.5 Å². The summed E-state index contributed by atoms with van der Waals surface area (Å²) in [6, 6.07) is 15.6. The molecule has 1 amide bonds. The van der Waals surface area contributed by atoms with Gasteiger partial charge in [0.05, 0.1) is 17.9 Å². The minimum absolute atomic E-state index is 0.000362. The number of amides is 1. The highest BCUT2D eigenvalue weighted by molar-refractivity contribution is 5.78. The lowest BCUT2D eigenvalue weighted by atomic mass is 10.1. The first-order chi connectivity index (χ1) is 12.5. The summed E-state index contributed by atoms with van der Waals surface area (Å²) < 4.78 is 5.31. The molecular formula is C19H17N3O4. The molecule has 1 N–H and O–H groups in total. The highest BCUT2D eigenvalue weighted by Gasteiger charge is 2.10. The molecule has 2 aromatic carbocycles. The van der Waals surface area contributed by atoms with Gasteiger partial charge in [0.1, 0.15) is 5.69 Å². The first kappa shape index (κ1) is 17.3. The maximum Gasteiger partial charge on any atom is 0.269 e. The molecule has 0 fully saturated rings. The molecule has 3 aromatic rings. The number of nitrogens with one attached hydrogen (secondary N) is 1. The van der Waals surface area contributed by atoms with Crippen molar-refractivity contribution >= 4 is 11.6 Å². The van der Waals surface area contributed by atoms with Crippen LogP contribution in [0, 0.1) is 17.0 Å². The van der Waals surface area contributed by atoms with Crippen molar-refractivity contribution in [1.29, 1.82) is 0 Å². The van der Waals surface area contributed by atoms with Gasteiger partial charge in [0.25, 0.3) is 5.69 Å². The van der Waals surface area contributed by atoms with Gasteiger partial charge in [-0.15, -0.1) is 0 Å². The largest absolute Gasteiger partial charge is 0.356 e. The lowest BCUT2D eigenvalue weighted by Gasteiger charge is -2.03. The number of hydrogen-bond donors (Lipinski definition) is 1. The minimum Gasteiger partial charge on any atom is -0.356 e. The summed E-state index contributed by atoms with van der Waals surface area (Å²) in [5, 5.41) is 17.3. The Hall–Kier alpha value is -3.48. The lowest BCUT2D eigenvalue weighted by molar-refractivity contribution is -0.384. The van der Waals surface area contributed by atoms with Crippen molar-refractivity contribution in [3.63, 3.8) is 0 Å². The number of aromatic nitrogens is 1. The number of carbonyl (C=O) groups is 1. The second-order valence-corrected chi connectivity index (χ2v) is 5.93. The fourth-order valence-corrected chi connectivity index (χ4v) is 2.42. The van der Waals surface area contributed by atoms with Crippen molar-refractivity contribution in [2.24, 2.45) is 0 Å². The molecule has 7 heteroatoms. The molecule has 0 aliphatic rings. The number of hydrogen-bond acceptors (Lipinski definition) is 5. The summed E-state index contributed by atoms with van der Waals surface area (Å²) in [4.78, 5) is 22.2. The zero-order valence-electron chi connectivity index (χ0n) is 14.1. The summed E-state index contributed by atoms with van der Waals surface area (Å²) in [5.74, 6) is 0.448. The van der Waals surface area contributed by atoms with Crippen LogP contribution in [0.3, 0.4) is 0 Å². The Morgan fingerprint density at radius 3 is 2.50 bits per heavy atom. The van der Waals surface area contributed by atoms with Gasteiger partial charge in [-0.1, -0.05) is 47.1 Å². The lowest BCUT2D eigenvalue weighted by Crippen LogP contribution is -2.24. The van der Waals surface area contributed by atoms with Crippen LogP contribution in [-0.2, 0) is 17.8 Å². The van der Waals surface area contributed by atoms with Crippen LogP contribution in [-0.4, -0.2) is 16.0 Å². The van der Waals surface area contributed by atoms with Crippen molar-refractivity contribution in [1.82, 2.24) is 10.5 Å². The van der Waals surface area contributed by atoms with E-state index in [1.54, 1.807) is 18.2 Å². The molecule has 132 valence electrons. The molecule has 0 saturated heterocycles. The van der Waals surface area contributed by atoms with Gasteiger partial charge in [-0.25, -0.2) is 0 Å². The molecule has 1 aromatic heterocycles. The van der Waals surface area contributed by atoms with Crippen molar-refractivity contribution in [2.75, 3.05) is 0 Å². The Morgan fingerprint density at radius 2 is 1.85 bits per heavy atom. The predicted molar refractivity (Wildman–Crippen MR) is 95.3 cm³/mol. The van der Waals surface area contributed by atoms with Crippen LogP contribution >= 0.6 is 0 Å². The van der Waals surface area contributed by atoms with E-state index in [0.717, 1.165) is 11.1 Å². The quantitative estimate of drug-likeness (QED) is 0.542. The standard InChI is InChI=1S/C19H17N3O4/c1-13-2-6-15(7-3-13)18-11-16(21-26-18)12-20-19(23)10-14-4-8-17(9-5-14)22(24)25/h2-9,11H,10,12H2,1H3,(H,20,23). The maximum absolute atomic E-state index is 12.0. The van der Waals surface area contributed by atoms with E-state index in [4.69, 9.17) is 4.52 Å². The van der Waals surface area contributed by atoms with Gasteiger partial charge in [0.2, 0.25) is 5.91 Å². The van der Waals surface area contributed by atoms with Crippen molar-refractivity contribution in [2.45, 2.75) is 19.9 Å². The average Bonchev–Trinajstić information content (AvgIpc) is 3.10. The molecule has 1 heterocycles. The smallest absolute Gasteiger partial charge is 0.269 e. The van der Waals surface area contributed by atoms with Gasteiger partial charge in [0.15, 0.2) is 5.76 Å². The van der Waals surface area contributed by atoms with Gasteiger partial charge in [0, 0.05) is 23.8 Å². The molecule has 3 rings (SSSR count). The van der Waals surface area contributed by atoms with Gasteiger partial charge < -0.3 is 9.84 Å². The van der Waals surface area contributed by atoms with E-state index in [-0.39, 0.29) is 24.6 Å². The summed E-state index contributed by atoms with van der Waals surface area (Å²) >= 11 is 0. The summed E-state index contributed by atoms with van der Waals surface area (Å²) in [7, 11) is 0. The maximum atomic E-state index is 12.0. The first-order valence-corrected chi connectivity index (χ1v) is 8.04. The highest BCUT2D eigenvalue weighted by atomic mass is 16.6. The fourth-order valence-electron chi connectivity index (χ4n) is 2.42. The molecule has 7 nitrogen and oxygen atoms in total. The number of nitro benzene ring substituents is 1. The van der Waals surface area contributed by atoms with Gasteiger partial charge >= 0.3 is 0 Å². The van der Waals surface area contributed by atoms with Crippen LogP contribution in [0.15, 0.2) is 59.1 Å². The van der Waals surface area contributed by atoms with Crippen LogP contribution in [0.5, 0.6) is 0 Å². The zero-order valence-corrected chi connectivity index (χ0v) is 14.1. The number of nitrogens with zero attached hydrogens (tertiary/aromatic N) is 2. The molecule has 0 aliphatic carbocycles. The summed E-state index contributed by atoms with van der Waals surface area (Å²) in [5.41, 5.74) is 3.41. The fraction of sp³-hybridized carbons (Fsp3) is 0.158. The normalized spacial score (nSPS) is 10.5. The third-order valence-corrected chi connectivity index (χ3v) is 3.87. The van der Waals surface area contributed by atoms with Gasteiger partial charge in [-0.2, -0.15) is 0 Å². The van der Waals surface area contributed by atoms with E-state index in [9.17, 15) is 14.9 Å². The Bertz CT molecular complexity index is 915. The number of nitro groups is 1. The summed E-state index contributed by atoms with van der Waals surface area (Å²) in [6.07, 6.45) is 0.140. The molecule has 0 unspecified atom stereocenters. The van der Waals surface area contributed by atoms with Crippen LogP contribution in [0.4, 0.5) is 5.69 Å². The molecule has 0 aliphatic heterocycles. The molecule has 0 saturated carbocycles. The molecule has 0 spiro atoms. The topological polar surface area (TPSA) is 98.3 Å². The summed E-state index contributed by atoms with van der Waals surface area (Å²) in [6.45, 7) is 2.26. The number of carbonyl (C=O) groups excluding carboxylic acids is 1. The molecule has 0 atom stereocenters. The first-order valence-electron chi connectivity index (χ1n) is 8.04. The predicted octanol–water partition coefficient (Wildman–Crippen LogP) is 3.42. The number of aryl methyl sites for hydroxylation is 1. The van der Waals surface area contributed by atoms with E-state index >= 15 is 0 Å². The van der Waals surface area contributed by atoms with E-state index < -0.39 is 4.92 Å². The second-order valence-electron chi connectivity index (χ2n) is 5.93. The van der Waals surface area contributed by atoms with Crippen LogP contribution in [0.1, 0.15) is 16.8 Å². The number of non-ortho nitro benzene ring substituents is 1. The molecular weight excluding hydrogens is 334 g/mol. The Balaban J connectivity index is 1.54. The van der Waals surface area contributed by atoms with E-state index in [1.807, 2.05) is 31.2 Å². The average molecular weight is 351 g/mol. The Morgan fingerprint density at radius 1 is 1.15 bits per heavy atom. The van der Waals surface area contributed by atoms with Crippen LogP contribution in [0.25, 0.3) is 11.3 Å². The Kier molecular flexibility index (Phi) is 5.07.